The molecule has 1 nitrogen and oxygen atoms in total. The van der Waals surface area contributed by atoms with E-state index in [1.54, 1.807) is 0 Å². The molecule has 0 radical (unpaired) electrons. The van der Waals surface area contributed by atoms with Crippen LogP contribution >= 0.6 is 0 Å². The van der Waals surface area contributed by atoms with Gasteiger partial charge in [-0.05, 0) is 17.7 Å². The van der Waals surface area contributed by atoms with Crippen molar-refractivity contribution in [1.29, 1.82) is 0 Å². The average molecular weight is 257 g/mol. The lowest BCUT2D eigenvalue weighted by Gasteiger charge is -2.19. The van der Waals surface area contributed by atoms with E-state index in [0.717, 1.165) is 0 Å². The van der Waals surface area contributed by atoms with E-state index >= 15 is 0 Å². The molecule has 0 heterocycles. The Morgan fingerprint density at radius 3 is 1.82 bits per heavy atom. The molecule has 17 heavy (non-hydrogen) atoms. The molecule has 1 atom stereocenters. The van der Waals surface area contributed by atoms with Gasteiger partial charge in [-0.1, -0.05) is 12.1 Å². The molecule has 0 aliphatic carbocycles. The van der Waals surface area contributed by atoms with Gasteiger partial charge in [-0.15, -0.1) is 0 Å². The topological polar surface area (TPSA) is 26.0 Å². The maximum absolute atomic E-state index is 13.2. The van der Waals surface area contributed by atoms with Crippen molar-refractivity contribution in [1.82, 2.24) is 0 Å². The van der Waals surface area contributed by atoms with Gasteiger partial charge in [-0.3, -0.25) is 0 Å². The van der Waals surface area contributed by atoms with Gasteiger partial charge >= 0.3 is 6.18 Å². The van der Waals surface area contributed by atoms with Gasteiger partial charge in [0.1, 0.15) is 0 Å². The van der Waals surface area contributed by atoms with Crippen molar-refractivity contribution in [2.75, 3.05) is 6.54 Å². The van der Waals surface area contributed by atoms with E-state index in [1.165, 1.54) is 0 Å². The highest BCUT2D eigenvalue weighted by Crippen LogP contribution is 2.35. The Balaban J connectivity index is 2.96. The molecular formula is C10H9F6N. The smallest absolute Gasteiger partial charge is 0.325 e. The van der Waals surface area contributed by atoms with Crippen LogP contribution in [-0.2, 0) is 6.18 Å². The number of hydrogen-bond donors (Lipinski definition) is 1. The molecule has 0 aliphatic heterocycles. The van der Waals surface area contributed by atoms with Gasteiger partial charge in [0.25, 0.3) is 5.92 Å². The Morgan fingerprint density at radius 1 is 1.00 bits per heavy atom. The number of nitrogens with two attached hydrogens (primary N) is 1. The molecular weight excluding hydrogens is 248 g/mol. The Labute approximate surface area is 93.2 Å². The molecule has 1 aromatic carbocycles. The molecule has 1 unspecified atom stereocenters. The normalized spacial score (nSPS) is 14.8. The van der Waals surface area contributed by atoms with Crippen molar-refractivity contribution in [2.45, 2.75) is 18.3 Å². The zero-order valence-corrected chi connectivity index (χ0v) is 8.44. The minimum absolute atomic E-state index is 0.534. The zero-order valence-electron chi connectivity index (χ0n) is 8.44. The van der Waals surface area contributed by atoms with Gasteiger partial charge < -0.3 is 5.73 Å². The lowest BCUT2D eigenvalue weighted by atomic mass is 10.0. The molecule has 1 aromatic rings. The third kappa shape index (κ3) is 3.12. The van der Waals surface area contributed by atoms with E-state index < -0.39 is 35.9 Å². The monoisotopic (exact) mass is 257 g/mol. The third-order valence-corrected chi connectivity index (χ3v) is 2.17. The van der Waals surface area contributed by atoms with Gasteiger partial charge in [0.2, 0.25) is 0 Å². The first-order valence-electron chi connectivity index (χ1n) is 4.57. The molecule has 0 aromatic heterocycles. The maximum atomic E-state index is 13.2. The summed E-state index contributed by atoms with van der Waals surface area (Å²) in [7, 11) is 0. The molecule has 0 amide bonds. The van der Waals surface area contributed by atoms with Crippen LogP contribution in [0.1, 0.15) is 17.3 Å². The summed E-state index contributed by atoms with van der Waals surface area (Å²) in [6, 6.07) is 2.46. The van der Waals surface area contributed by atoms with Crippen molar-refractivity contribution < 1.29 is 26.3 Å². The van der Waals surface area contributed by atoms with Crippen molar-refractivity contribution in [3.63, 3.8) is 0 Å². The summed E-state index contributed by atoms with van der Waals surface area (Å²) in [6.45, 7) is -1.21. The van der Waals surface area contributed by atoms with Crippen LogP contribution in [0.3, 0.4) is 0 Å². The van der Waals surface area contributed by atoms with Crippen LogP contribution < -0.4 is 5.73 Å². The Bertz CT molecular complexity index is 369. The maximum Gasteiger partial charge on any atom is 0.416 e. The molecule has 0 saturated heterocycles. The van der Waals surface area contributed by atoms with E-state index in [1.807, 2.05) is 0 Å². The second-order valence-corrected chi connectivity index (χ2v) is 3.45. The summed E-state index contributed by atoms with van der Waals surface area (Å²) in [6.07, 6.45) is -7.30. The van der Waals surface area contributed by atoms with Gasteiger partial charge in [0.15, 0.2) is 6.17 Å². The van der Waals surface area contributed by atoms with Crippen LogP contribution in [0.15, 0.2) is 24.3 Å². The third-order valence-electron chi connectivity index (χ3n) is 2.17. The summed E-state index contributed by atoms with van der Waals surface area (Å²) in [5.74, 6) is -3.79. The van der Waals surface area contributed by atoms with E-state index in [9.17, 15) is 26.3 Å². The molecule has 0 bridgehead atoms. The second kappa shape index (κ2) is 4.56. The van der Waals surface area contributed by atoms with Crippen LogP contribution in [0.2, 0.25) is 0 Å². The van der Waals surface area contributed by atoms with E-state index in [0.29, 0.717) is 24.3 Å². The fraction of sp³-hybridized carbons (Fsp3) is 0.400. The van der Waals surface area contributed by atoms with Crippen molar-refractivity contribution in [2.24, 2.45) is 5.73 Å². The Hall–Kier alpha value is -1.24. The summed E-state index contributed by atoms with van der Waals surface area (Å²) >= 11 is 0. The molecule has 0 spiro atoms. The minimum atomic E-state index is -4.58. The molecule has 7 heteroatoms. The van der Waals surface area contributed by atoms with Crippen LogP contribution in [0.4, 0.5) is 26.3 Å². The number of alkyl halides is 6. The Morgan fingerprint density at radius 2 is 1.47 bits per heavy atom. The van der Waals surface area contributed by atoms with Gasteiger partial charge in [-0.2, -0.15) is 13.2 Å². The van der Waals surface area contributed by atoms with Crippen LogP contribution in [0.5, 0.6) is 0 Å². The summed E-state index contributed by atoms with van der Waals surface area (Å²) in [5.41, 5.74) is 3.12. The fourth-order valence-corrected chi connectivity index (χ4v) is 1.19. The average Bonchev–Trinajstić information content (AvgIpc) is 2.27. The van der Waals surface area contributed by atoms with Gasteiger partial charge in [0, 0.05) is 0 Å². The highest BCUT2D eigenvalue weighted by Gasteiger charge is 2.40. The predicted molar refractivity (Wildman–Crippen MR) is 49.3 cm³/mol. The molecule has 2 N–H and O–H groups in total. The predicted octanol–water partition coefficient (Wildman–Crippen LogP) is 3.31. The van der Waals surface area contributed by atoms with E-state index in [-0.39, 0.29) is 0 Å². The summed E-state index contributed by atoms with van der Waals surface area (Å²) in [5, 5.41) is 0. The molecule has 0 fully saturated rings. The molecule has 0 saturated carbocycles. The summed E-state index contributed by atoms with van der Waals surface area (Å²) in [4.78, 5) is 0. The highest BCUT2D eigenvalue weighted by atomic mass is 19.4. The number of rotatable bonds is 3. The quantitative estimate of drug-likeness (QED) is 0.826. The molecule has 0 aliphatic rings. The highest BCUT2D eigenvalue weighted by molar-refractivity contribution is 5.27. The zero-order chi connectivity index (χ0) is 13.3. The molecule has 1 rings (SSSR count). The van der Waals surface area contributed by atoms with Crippen molar-refractivity contribution in [3.8, 4) is 0 Å². The lowest BCUT2D eigenvalue weighted by Crippen LogP contribution is -2.32. The SMILES string of the molecule is NCC(F)(F)C(F)c1ccc(C(F)(F)F)cc1. The lowest BCUT2D eigenvalue weighted by molar-refractivity contribution is -0.137. The second-order valence-electron chi connectivity index (χ2n) is 3.45. The minimum Gasteiger partial charge on any atom is -0.325 e. The number of benzene rings is 1. The Kier molecular flexibility index (Phi) is 3.71. The standard InChI is InChI=1S/C10H9F6N/c11-8(9(12,13)5-17)6-1-3-7(4-2-6)10(14,15)16/h1-4,8H,5,17H2. The van der Waals surface area contributed by atoms with Gasteiger partial charge in [-0.25, -0.2) is 13.2 Å². The van der Waals surface area contributed by atoms with Crippen LogP contribution in [-0.4, -0.2) is 12.5 Å². The first-order chi connectivity index (χ1) is 7.68. The van der Waals surface area contributed by atoms with Crippen molar-refractivity contribution in [3.05, 3.63) is 35.4 Å². The summed E-state index contributed by atoms with van der Waals surface area (Å²) < 4.78 is 75.4. The van der Waals surface area contributed by atoms with Crippen LogP contribution in [0, 0.1) is 0 Å². The first kappa shape index (κ1) is 13.8. The van der Waals surface area contributed by atoms with Gasteiger partial charge in [0.05, 0.1) is 12.1 Å². The first-order valence-corrected chi connectivity index (χ1v) is 4.57. The largest absolute Gasteiger partial charge is 0.416 e. The van der Waals surface area contributed by atoms with Crippen molar-refractivity contribution >= 4 is 0 Å². The number of halogens is 6. The number of hydrogen-bond acceptors (Lipinski definition) is 1. The fourth-order valence-electron chi connectivity index (χ4n) is 1.19. The van der Waals surface area contributed by atoms with E-state index in [2.05, 4.69) is 5.73 Å². The van der Waals surface area contributed by atoms with Crippen LogP contribution in [0.25, 0.3) is 0 Å². The van der Waals surface area contributed by atoms with E-state index in [4.69, 9.17) is 0 Å². The molecule has 96 valence electrons.